The van der Waals surface area contributed by atoms with Gasteiger partial charge in [0.2, 0.25) is 11.7 Å². The highest BCUT2D eigenvalue weighted by Crippen LogP contribution is 2.31. The van der Waals surface area contributed by atoms with Gasteiger partial charge in [0.25, 0.3) is 0 Å². The van der Waals surface area contributed by atoms with Gasteiger partial charge in [0.1, 0.15) is 18.0 Å². The van der Waals surface area contributed by atoms with E-state index in [4.69, 9.17) is 9.47 Å². The van der Waals surface area contributed by atoms with Crippen LogP contribution in [0.3, 0.4) is 0 Å². The zero-order valence-electron chi connectivity index (χ0n) is 14.8. The van der Waals surface area contributed by atoms with Crippen LogP contribution in [0.2, 0.25) is 0 Å². The number of nitrogens with zero attached hydrogens (tertiary/aromatic N) is 4. The van der Waals surface area contributed by atoms with Crippen LogP contribution in [0.4, 0.5) is 0 Å². The fraction of sp³-hybridized carbons (Fsp3) is 0.263. The smallest absolute Gasteiger partial charge is 0.244 e. The van der Waals surface area contributed by atoms with Crippen molar-refractivity contribution in [2.75, 3.05) is 13.7 Å². The lowest BCUT2D eigenvalue weighted by Gasteiger charge is -2.26. The van der Waals surface area contributed by atoms with Crippen LogP contribution in [0.1, 0.15) is 18.0 Å². The molecule has 1 aromatic heterocycles. The summed E-state index contributed by atoms with van der Waals surface area (Å²) in [5.74, 6) is 1.79. The summed E-state index contributed by atoms with van der Waals surface area (Å²) in [5, 5.41) is 15.3. The zero-order valence-corrected chi connectivity index (χ0v) is 14.8. The summed E-state index contributed by atoms with van der Waals surface area (Å²) in [5.41, 5.74) is 1.76. The van der Waals surface area contributed by atoms with Crippen molar-refractivity contribution < 1.29 is 14.3 Å². The predicted octanol–water partition coefficient (Wildman–Crippen LogP) is 1.99. The number of rotatable bonds is 5. The van der Waals surface area contributed by atoms with Crippen LogP contribution in [0, 0.1) is 0 Å². The lowest BCUT2D eigenvalue weighted by molar-refractivity contribution is -0.123. The summed E-state index contributed by atoms with van der Waals surface area (Å²) < 4.78 is 10.8. The summed E-state index contributed by atoms with van der Waals surface area (Å²) in [7, 11) is 1.60. The van der Waals surface area contributed by atoms with Crippen LogP contribution in [0.5, 0.6) is 11.5 Å². The first-order valence-corrected chi connectivity index (χ1v) is 8.66. The number of benzene rings is 2. The van der Waals surface area contributed by atoms with Gasteiger partial charge in [0.05, 0.1) is 19.8 Å². The number of tetrazole rings is 1. The third-order valence-corrected chi connectivity index (χ3v) is 4.36. The lowest BCUT2D eigenvalue weighted by Crippen LogP contribution is -2.34. The standard InChI is InChI=1S/C19H19N5O3/c1-26-14-6-4-5-13(11-14)19-21-23-24(22-19)12-18(25)20-16-9-10-27-17-8-3-2-7-15(16)17/h2-8,11,16H,9-10,12H2,1H3,(H,20,25)/t16-/m1/s1. The highest BCUT2D eigenvalue weighted by molar-refractivity contribution is 5.76. The van der Waals surface area contributed by atoms with Gasteiger partial charge >= 0.3 is 0 Å². The summed E-state index contributed by atoms with van der Waals surface area (Å²) in [4.78, 5) is 13.7. The maximum Gasteiger partial charge on any atom is 0.244 e. The van der Waals surface area contributed by atoms with Crippen molar-refractivity contribution in [2.24, 2.45) is 0 Å². The Hall–Kier alpha value is -3.42. The van der Waals surface area contributed by atoms with E-state index in [0.29, 0.717) is 18.2 Å². The fourth-order valence-electron chi connectivity index (χ4n) is 3.05. The number of ether oxygens (including phenoxy) is 2. The minimum absolute atomic E-state index is 0.00348. The van der Waals surface area contributed by atoms with E-state index in [-0.39, 0.29) is 18.5 Å². The molecule has 0 spiro atoms. The summed E-state index contributed by atoms with van der Waals surface area (Å²) in [6.45, 7) is 0.569. The number of carbonyl (C=O) groups is 1. The molecule has 0 saturated carbocycles. The second-order valence-corrected chi connectivity index (χ2v) is 6.17. The Morgan fingerprint density at radius 1 is 1.30 bits per heavy atom. The molecule has 4 rings (SSSR count). The second-order valence-electron chi connectivity index (χ2n) is 6.17. The Morgan fingerprint density at radius 3 is 3.07 bits per heavy atom. The van der Waals surface area contributed by atoms with Crippen molar-refractivity contribution >= 4 is 5.91 Å². The first kappa shape index (κ1) is 17.0. The van der Waals surface area contributed by atoms with Gasteiger partial charge in [0.15, 0.2) is 0 Å². The first-order valence-electron chi connectivity index (χ1n) is 8.66. The number of aromatic nitrogens is 4. The Kier molecular flexibility index (Phi) is 4.69. The number of hydrogen-bond donors (Lipinski definition) is 1. The molecular weight excluding hydrogens is 346 g/mol. The van der Waals surface area contributed by atoms with Crippen LogP contribution >= 0.6 is 0 Å². The molecule has 1 atom stereocenters. The molecule has 2 heterocycles. The molecule has 27 heavy (non-hydrogen) atoms. The molecule has 1 aliphatic heterocycles. The number of amides is 1. The average Bonchev–Trinajstić information content (AvgIpc) is 3.17. The van der Waals surface area contributed by atoms with Gasteiger partial charge in [0, 0.05) is 17.5 Å². The van der Waals surface area contributed by atoms with E-state index in [1.807, 2.05) is 48.5 Å². The van der Waals surface area contributed by atoms with E-state index in [9.17, 15) is 4.79 Å². The molecule has 0 bridgehead atoms. The van der Waals surface area contributed by atoms with Gasteiger partial charge < -0.3 is 14.8 Å². The van der Waals surface area contributed by atoms with Gasteiger partial charge in [-0.25, -0.2) is 0 Å². The fourth-order valence-corrected chi connectivity index (χ4v) is 3.05. The maximum absolute atomic E-state index is 12.4. The quantitative estimate of drug-likeness (QED) is 0.743. The van der Waals surface area contributed by atoms with E-state index in [1.165, 1.54) is 4.80 Å². The Bertz CT molecular complexity index is 956. The van der Waals surface area contributed by atoms with Crippen molar-refractivity contribution in [1.29, 1.82) is 0 Å². The average molecular weight is 365 g/mol. The first-order chi connectivity index (χ1) is 13.2. The van der Waals surface area contributed by atoms with E-state index in [1.54, 1.807) is 7.11 Å². The number of nitrogens with one attached hydrogen (secondary N) is 1. The summed E-state index contributed by atoms with van der Waals surface area (Å²) >= 11 is 0. The molecular formula is C19H19N5O3. The molecule has 8 nitrogen and oxygen atoms in total. The Morgan fingerprint density at radius 2 is 2.19 bits per heavy atom. The number of para-hydroxylation sites is 1. The van der Waals surface area contributed by atoms with E-state index >= 15 is 0 Å². The third kappa shape index (κ3) is 3.74. The molecule has 0 aliphatic carbocycles. The van der Waals surface area contributed by atoms with Crippen molar-refractivity contribution in [3.63, 3.8) is 0 Å². The van der Waals surface area contributed by atoms with E-state index in [2.05, 4.69) is 20.7 Å². The predicted molar refractivity (Wildman–Crippen MR) is 97.2 cm³/mol. The van der Waals surface area contributed by atoms with E-state index < -0.39 is 0 Å². The molecule has 0 fully saturated rings. The van der Waals surface area contributed by atoms with Gasteiger partial charge in [-0.3, -0.25) is 4.79 Å². The van der Waals surface area contributed by atoms with Crippen molar-refractivity contribution in [3.05, 3.63) is 54.1 Å². The molecule has 8 heteroatoms. The summed E-state index contributed by atoms with van der Waals surface area (Å²) in [6.07, 6.45) is 0.725. The second kappa shape index (κ2) is 7.45. The molecule has 0 saturated heterocycles. The van der Waals surface area contributed by atoms with Crippen molar-refractivity contribution in [3.8, 4) is 22.9 Å². The van der Waals surface area contributed by atoms with Gasteiger partial charge in [-0.1, -0.05) is 30.3 Å². The summed E-state index contributed by atoms with van der Waals surface area (Å²) in [6, 6.07) is 15.0. The van der Waals surface area contributed by atoms with Crippen LogP contribution in [-0.4, -0.2) is 39.8 Å². The number of carbonyl (C=O) groups excluding carboxylic acids is 1. The van der Waals surface area contributed by atoms with Gasteiger partial charge in [-0.05, 0) is 23.4 Å². The SMILES string of the molecule is COc1cccc(-c2nnn(CC(=O)N[C@@H]3CCOc4ccccc43)n2)c1. The minimum Gasteiger partial charge on any atom is -0.497 e. The molecule has 138 valence electrons. The monoisotopic (exact) mass is 365 g/mol. The van der Waals surface area contributed by atoms with Crippen molar-refractivity contribution in [2.45, 2.75) is 19.0 Å². The highest BCUT2D eigenvalue weighted by Gasteiger charge is 2.23. The van der Waals surface area contributed by atoms with Crippen LogP contribution in [0.15, 0.2) is 48.5 Å². The zero-order chi connectivity index (χ0) is 18.6. The highest BCUT2D eigenvalue weighted by atomic mass is 16.5. The van der Waals surface area contributed by atoms with Crippen LogP contribution < -0.4 is 14.8 Å². The van der Waals surface area contributed by atoms with Crippen LogP contribution in [-0.2, 0) is 11.3 Å². The molecule has 0 radical (unpaired) electrons. The molecule has 2 aromatic carbocycles. The number of methoxy groups -OCH3 is 1. The molecule has 1 aliphatic rings. The number of fused-ring (bicyclic) bond motifs is 1. The molecule has 1 N–H and O–H groups in total. The maximum atomic E-state index is 12.4. The molecule has 0 unspecified atom stereocenters. The van der Waals surface area contributed by atoms with Gasteiger partial charge in [-0.2, -0.15) is 4.80 Å². The van der Waals surface area contributed by atoms with Crippen molar-refractivity contribution in [1.82, 2.24) is 25.5 Å². The molecule has 1 amide bonds. The topological polar surface area (TPSA) is 91.2 Å². The van der Waals surface area contributed by atoms with E-state index in [0.717, 1.165) is 23.3 Å². The largest absolute Gasteiger partial charge is 0.497 e. The minimum atomic E-state index is -0.175. The van der Waals surface area contributed by atoms with Crippen LogP contribution in [0.25, 0.3) is 11.4 Å². The Balaban J connectivity index is 1.43. The Labute approximate surface area is 156 Å². The normalized spacial score (nSPS) is 15.5. The lowest BCUT2D eigenvalue weighted by atomic mass is 10.0. The number of hydrogen-bond acceptors (Lipinski definition) is 6. The third-order valence-electron chi connectivity index (χ3n) is 4.36. The van der Waals surface area contributed by atoms with Gasteiger partial charge in [-0.15, -0.1) is 10.2 Å². The molecule has 3 aromatic rings.